The van der Waals surface area contributed by atoms with Crippen LogP contribution in [0.2, 0.25) is 0 Å². The van der Waals surface area contributed by atoms with E-state index in [1.165, 1.54) is 11.3 Å². The van der Waals surface area contributed by atoms with Gasteiger partial charge < -0.3 is 20.1 Å². The molecule has 2 N–H and O–H groups in total. The molecule has 0 bridgehead atoms. The molecule has 1 aliphatic rings. The number of thiazole rings is 1. The number of amides is 2. The Morgan fingerprint density at radius 1 is 1.12 bits per heavy atom. The Balaban J connectivity index is 1.45. The molecule has 33 heavy (non-hydrogen) atoms. The molecule has 3 aromatic rings. The van der Waals surface area contributed by atoms with Crippen molar-refractivity contribution in [3.05, 3.63) is 70.2 Å². The monoisotopic (exact) mass is 465 g/mol. The summed E-state index contributed by atoms with van der Waals surface area (Å²) >= 11 is 1.44. The Kier molecular flexibility index (Phi) is 6.93. The van der Waals surface area contributed by atoms with Crippen molar-refractivity contribution >= 4 is 28.3 Å². The highest BCUT2D eigenvalue weighted by molar-refractivity contribution is 7.15. The zero-order chi connectivity index (χ0) is 23.4. The van der Waals surface area contributed by atoms with Crippen molar-refractivity contribution in [3.8, 4) is 11.5 Å². The number of aromatic nitrogens is 1. The van der Waals surface area contributed by atoms with Crippen LogP contribution in [0.5, 0.6) is 11.5 Å². The molecule has 0 saturated carbocycles. The van der Waals surface area contributed by atoms with E-state index in [1.807, 2.05) is 45.0 Å². The van der Waals surface area contributed by atoms with E-state index in [0.717, 1.165) is 34.1 Å². The summed E-state index contributed by atoms with van der Waals surface area (Å²) in [5.41, 5.74) is 2.47. The third kappa shape index (κ3) is 5.34. The van der Waals surface area contributed by atoms with E-state index in [0.29, 0.717) is 17.1 Å². The van der Waals surface area contributed by atoms with Gasteiger partial charge in [-0.3, -0.25) is 9.59 Å². The minimum absolute atomic E-state index is 0.0353. The van der Waals surface area contributed by atoms with E-state index in [4.69, 9.17) is 9.47 Å². The number of aryl methyl sites for hydroxylation is 1. The van der Waals surface area contributed by atoms with Crippen LogP contribution in [0.25, 0.3) is 0 Å². The van der Waals surface area contributed by atoms with Gasteiger partial charge >= 0.3 is 0 Å². The van der Waals surface area contributed by atoms with Crippen LogP contribution in [0.1, 0.15) is 46.8 Å². The van der Waals surface area contributed by atoms with Crippen molar-refractivity contribution < 1.29 is 19.1 Å². The summed E-state index contributed by atoms with van der Waals surface area (Å²) in [5, 5.41) is 6.32. The van der Waals surface area contributed by atoms with Gasteiger partial charge in [0.2, 0.25) is 12.7 Å². The molecule has 0 saturated heterocycles. The predicted octanol–water partition coefficient (Wildman–Crippen LogP) is 4.55. The normalized spacial score (nSPS) is 13.9. The second-order valence-electron chi connectivity index (χ2n) is 8.08. The molecule has 0 spiro atoms. The topological polar surface area (TPSA) is 89.6 Å². The van der Waals surface area contributed by atoms with Crippen molar-refractivity contribution in [2.45, 2.75) is 39.7 Å². The molecule has 2 unspecified atom stereocenters. The predicted molar refractivity (Wildman–Crippen MR) is 128 cm³/mol. The zero-order valence-electron chi connectivity index (χ0n) is 18.9. The molecule has 8 heteroatoms. The Labute approximate surface area is 197 Å². The fourth-order valence-corrected chi connectivity index (χ4v) is 4.58. The number of anilines is 1. The average Bonchev–Trinajstić information content (AvgIpc) is 3.43. The third-order valence-corrected chi connectivity index (χ3v) is 6.82. The van der Waals surface area contributed by atoms with Gasteiger partial charge in [-0.15, -0.1) is 11.3 Å². The van der Waals surface area contributed by atoms with Gasteiger partial charge in [0.1, 0.15) is 6.04 Å². The molecular weight excluding hydrogens is 438 g/mol. The fraction of sp³-hybridized carbons (Fsp3) is 0.320. The Hall–Kier alpha value is -3.39. The first-order valence-electron chi connectivity index (χ1n) is 11.0. The zero-order valence-corrected chi connectivity index (χ0v) is 19.7. The number of carbonyl (C=O) groups excluding carboxylic acids is 2. The number of nitrogens with zero attached hydrogens (tertiary/aromatic N) is 1. The minimum atomic E-state index is -0.663. The Morgan fingerprint density at radius 3 is 2.64 bits per heavy atom. The molecule has 0 aliphatic carbocycles. The summed E-state index contributed by atoms with van der Waals surface area (Å²) in [6.07, 6.45) is 1.43. The highest BCUT2D eigenvalue weighted by Crippen LogP contribution is 2.34. The largest absolute Gasteiger partial charge is 0.454 e. The van der Waals surface area contributed by atoms with Crippen LogP contribution in [0.3, 0.4) is 0 Å². The van der Waals surface area contributed by atoms with Crippen LogP contribution in [-0.2, 0) is 11.2 Å². The van der Waals surface area contributed by atoms with Gasteiger partial charge in [0, 0.05) is 16.9 Å². The number of benzene rings is 2. The molecule has 2 heterocycles. The summed E-state index contributed by atoms with van der Waals surface area (Å²) in [4.78, 5) is 31.3. The van der Waals surface area contributed by atoms with Gasteiger partial charge in [-0.05, 0) is 42.7 Å². The number of fused-ring (bicyclic) bond motifs is 1. The van der Waals surface area contributed by atoms with Gasteiger partial charge in [-0.1, -0.05) is 44.5 Å². The first kappa shape index (κ1) is 22.8. The third-order valence-electron chi connectivity index (χ3n) is 5.74. The van der Waals surface area contributed by atoms with E-state index in [1.54, 1.807) is 24.3 Å². The molecule has 2 amide bonds. The number of hydrogen-bond acceptors (Lipinski definition) is 6. The SMILES string of the molecule is CCC(C)C(NC(=O)c1ccccc1)C(=O)Nc1nc(C)c(Cc2ccc3c(c2)OCO3)s1. The van der Waals surface area contributed by atoms with Crippen LogP contribution in [0, 0.1) is 12.8 Å². The van der Waals surface area contributed by atoms with Gasteiger partial charge in [0.15, 0.2) is 16.6 Å². The average molecular weight is 466 g/mol. The molecular formula is C25H27N3O4S. The molecule has 0 fully saturated rings. The summed E-state index contributed by atoms with van der Waals surface area (Å²) in [7, 11) is 0. The lowest BCUT2D eigenvalue weighted by atomic mass is 9.98. The number of nitrogens with one attached hydrogen (secondary N) is 2. The summed E-state index contributed by atoms with van der Waals surface area (Å²) in [6.45, 7) is 6.12. The highest BCUT2D eigenvalue weighted by Gasteiger charge is 2.27. The molecule has 2 aromatic carbocycles. The number of hydrogen-bond donors (Lipinski definition) is 2. The number of ether oxygens (including phenoxy) is 2. The molecule has 172 valence electrons. The lowest BCUT2D eigenvalue weighted by molar-refractivity contribution is -0.119. The van der Waals surface area contributed by atoms with Crippen molar-refractivity contribution in [1.29, 1.82) is 0 Å². The second-order valence-corrected chi connectivity index (χ2v) is 9.17. The summed E-state index contributed by atoms with van der Waals surface area (Å²) in [5.74, 6) is 0.925. The first-order chi connectivity index (χ1) is 15.9. The summed E-state index contributed by atoms with van der Waals surface area (Å²) < 4.78 is 10.8. The Morgan fingerprint density at radius 2 is 1.88 bits per heavy atom. The van der Waals surface area contributed by atoms with E-state index in [2.05, 4.69) is 15.6 Å². The van der Waals surface area contributed by atoms with Gasteiger partial charge in [-0.2, -0.15) is 0 Å². The molecule has 1 aromatic heterocycles. The van der Waals surface area contributed by atoms with E-state index < -0.39 is 6.04 Å². The van der Waals surface area contributed by atoms with Crippen LogP contribution in [-0.4, -0.2) is 29.6 Å². The fourth-order valence-electron chi connectivity index (χ4n) is 3.58. The van der Waals surface area contributed by atoms with Crippen LogP contribution >= 0.6 is 11.3 Å². The van der Waals surface area contributed by atoms with Crippen molar-refractivity contribution in [3.63, 3.8) is 0 Å². The van der Waals surface area contributed by atoms with Gasteiger partial charge in [0.05, 0.1) is 5.69 Å². The highest BCUT2D eigenvalue weighted by atomic mass is 32.1. The second kappa shape index (κ2) is 10.0. The molecule has 0 radical (unpaired) electrons. The maximum absolute atomic E-state index is 13.1. The summed E-state index contributed by atoms with van der Waals surface area (Å²) in [6, 6.07) is 14.1. The van der Waals surface area contributed by atoms with E-state index in [9.17, 15) is 9.59 Å². The van der Waals surface area contributed by atoms with Crippen molar-refractivity contribution in [2.75, 3.05) is 12.1 Å². The molecule has 7 nitrogen and oxygen atoms in total. The quantitative estimate of drug-likeness (QED) is 0.509. The lowest BCUT2D eigenvalue weighted by Crippen LogP contribution is -2.47. The first-order valence-corrected chi connectivity index (χ1v) is 11.8. The maximum atomic E-state index is 13.1. The van der Waals surface area contributed by atoms with Crippen LogP contribution in [0.4, 0.5) is 5.13 Å². The lowest BCUT2D eigenvalue weighted by Gasteiger charge is -2.23. The van der Waals surface area contributed by atoms with Gasteiger partial charge in [-0.25, -0.2) is 4.98 Å². The Bertz CT molecular complexity index is 1150. The van der Waals surface area contributed by atoms with Gasteiger partial charge in [0.25, 0.3) is 5.91 Å². The molecule has 2 atom stereocenters. The molecule has 1 aliphatic heterocycles. The number of carbonyl (C=O) groups is 2. The smallest absolute Gasteiger partial charge is 0.251 e. The van der Waals surface area contributed by atoms with Crippen LogP contribution < -0.4 is 20.1 Å². The minimum Gasteiger partial charge on any atom is -0.454 e. The standard InChI is InChI=1S/C25H27N3O4S/c1-4-15(2)22(27-23(29)18-8-6-5-7-9-18)24(30)28-25-26-16(3)21(33-25)13-17-10-11-19-20(12-17)32-14-31-19/h5-12,15,22H,4,13-14H2,1-3H3,(H,27,29)(H,26,28,30). The molecule has 4 rings (SSSR count). The van der Waals surface area contributed by atoms with Crippen molar-refractivity contribution in [1.82, 2.24) is 10.3 Å². The maximum Gasteiger partial charge on any atom is 0.251 e. The number of rotatable bonds is 8. The van der Waals surface area contributed by atoms with E-state index >= 15 is 0 Å². The van der Waals surface area contributed by atoms with Crippen LogP contribution in [0.15, 0.2) is 48.5 Å². The van der Waals surface area contributed by atoms with Crippen molar-refractivity contribution in [2.24, 2.45) is 5.92 Å². The van der Waals surface area contributed by atoms with E-state index in [-0.39, 0.29) is 24.5 Å².